The van der Waals surface area contributed by atoms with Gasteiger partial charge in [-0.3, -0.25) is 9.52 Å². The molecule has 0 fully saturated rings. The van der Waals surface area contributed by atoms with E-state index in [2.05, 4.69) is 14.9 Å². The molecule has 0 aliphatic carbocycles. The number of anilines is 1. The number of nitrogens with one attached hydrogen (secondary N) is 2. The van der Waals surface area contributed by atoms with E-state index in [1.54, 1.807) is 0 Å². The summed E-state index contributed by atoms with van der Waals surface area (Å²) in [7, 11) is -4.04. The largest absolute Gasteiger partial charge is 0.276 e. The van der Waals surface area contributed by atoms with Gasteiger partial charge in [0.1, 0.15) is 15.8 Å². The second kappa shape index (κ2) is 6.13. The lowest BCUT2D eigenvalue weighted by atomic mass is 10.2. The highest BCUT2D eigenvalue weighted by atomic mass is 32.2. The molecule has 0 saturated heterocycles. The second-order valence-electron chi connectivity index (χ2n) is 4.69. The van der Waals surface area contributed by atoms with Crippen molar-refractivity contribution in [3.63, 3.8) is 0 Å². The van der Waals surface area contributed by atoms with Gasteiger partial charge >= 0.3 is 0 Å². The Hall–Kier alpha value is -2.59. The molecule has 24 heavy (non-hydrogen) atoms. The molecule has 0 atom stereocenters. The van der Waals surface area contributed by atoms with Crippen LogP contribution >= 0.6 is 11.3 Å². The Kier molecular flexibility index (Phi) is 4.16. The number of hydrogen-bond donors (Lipinski definition) is 2. The Balaban J connectivity index is 1.90. The first-order chi connectivity index (χ1) is 11.3. The molecule has 1 aromatic carbocycles. The van der Waals surface area contributed by atoms with Crippen LogP contribution in [0.5, 0.6) is 0 Å². The summed E-state index contributed by atoms with van der Waals surface area (Å²) in [6, 6.07) is 6.59. The smallest absolute Gasteiger partial charge is 0.271 e. The Morgan fingerprint density at radius 3 is 2.58 bits per heavy atom. The maximum Gasteiger partial charge on any atom is 0.271 e. The van der Waals surface area contributed by atoms with Crippen LogP contribution in [0.3, 0.4) is 0 Å². The van der Waals surface area contributed by atoms with Crippen molar-refractivity contribution in [2.45, 2.75) is 4.21 Å². The molecule has 6 nitrogen and oxygen atoms in total. The Morgan fingerprint density at radius 1 is 1.12 bits per heavy atom. The third kappa shape index (κ3) is 3.34. The standard InChI is InChI=1S/C14H9F2N3O3S2/c15-9-1-2-12(10(16)6-9)19-24(21,22)14-5-8(7-23-14)11-3-4-13(20)18-17-11/h1-7,19H,(H,18,20). The van der Waals surface area contributed by atoms with Crippen LogP contribution in [0, 0.1) is 11.6 Å². The second-order valence-corrected chi connectivity index (χ2v) is 7.51. The fourth-order valence-corrected chi connectivity index (χ4v) is 4.11. The lowest BCUT2D eigenvalue weighted by Crippen LogP contribution is -2.12. The molecule has 0 bridgehead atoms. The highest BCUT2D eigenvalue weighted by molar-refractivity contribution is 7.94. The van der Waals surface area contributed by atoms with Crippen molar-refractivity contribution in [3.05, 3.63) is 63.8 Å². The van der Waals surface area contributed by atoms with E-state index < -0.39 is 21.7 Å². The molecule has 3 aromatic rings. The molecule has 2 N–H and O–H groups in total. The molecule has 2 aromatic heterocycles. The van der Waals surface area contributed by atoms with Crippen LogP contribution in [0.2, 0.25) is 0 Å². The average Bonchev–Trinajstić information content (AvgIpc) is 3.02. The minimum Gasteiger partial charge on any atom is -0.276 e. The van der Waals surface area contributed by atoms with Gasteiger partial charge in [-0.2, -0.15) is 5.10 Å². The van der Waals surface area contributed by atoms with E-state index in [4.69, 9.17) is 0 Å². The number of hydrogen-bond acceptors (Lipinski definition) is 5. The molecule has 3 rings (SSSR count). The number of halogens is 2. The summed E-state index contributed by atoms with van der Waals surface area (Å²) in [5.74, 6) is -1.82. The Labute approximate surface area is 138 Å². The van der Waals surface area contributed by atoms with Crippen LogP contribution in [0.15, 0.2) is 50.8 Å². The molecule has 0 saturated carbocycles. The molecule has 0 aliphatic rings. The minimum absolute atomic E-state index is 0.0748. The van der Waals surface area contributed by atoms with E-state index in [0.717, 1.165) is 23.5 Å². The Morgan fingerprint density at radius 2 is 1.92 bits per heavy atom. The zero-order chi connectivity index (χ0) is 17.3. The lowest BCUT2D eigenvalue weighted by molar-refractivity contribution is 0.583. The van der Waals surface area contributed by atoms with E-state index in [0.29, 0.717) is 17.3 Å². The predicted octanol–water partition coefficient (Wildman–Crippen LogP) is 2.58. The first kappa shape index (κ1) is 16.3. The van der Waals surface area contributed by atoms with Crippen molar-refractivity contribution >= 4 is 27.0 Å². The summed E-state index contributed by atoms with van der Waals surface area (Å²) in [5, 5.41) is 7.59. The third-order valence-electron chi connectivity index (χ3n) is 2.99. The van der Waals surface area contributed by atoms with Gasteiger partial charge in [0.15, 0.2) is 0 Å². The van der Waals surface area contributed by atoms with Gasteiger partial charge in [-0.25, -0.2) is 22.3 Å². The molecule has 124 valence electrons. The van der Waals surface area contributed by atoms with E-state index >= 15 is 0 Å². The highest BCUT2D eigenvalue weighted by Gasteiger charge is 2.19. The summed E-state index contributed by atoms with van der Waals surface area (Å²) < 4.78 is 53.1. The molecular weight excluding hydrogens is 360 g/mol. The summed E-state index contributed by atoms with van der Waals surface area (Å²) in [6.45, 7) is 0. The molecule has 10 heteroatoms. The number of H-pyrrole nitrogens is 1. The maximum absolute atomic E-state index is 13.6. The minimum atomic E-state index is -4.04. The molecule has 0 radical (unpaired) electrons. The third-order valence-corrected chi connectivity index (χ3v) is 5.80. The van der Waals surface area contributed by atoms with Gasteiger partial charge in [-0.1, -0.05) is 0 Å². The fourth-order valence-electron chi connectivity index (χ4n) is 1.86. The van der Waals surface area contributed by atoms with Gasteiger partial charge in [0, 0.05) is 23.1 Å². The first-order valence-electron chi connectivity index (χ1n) is 6.48. The van der Waals surface area contributed by atoms with Gasteiger partial charge in [0.25, 0.3) is 15.6 Å². The van der Waals surface area contributed by atoms with Gasteiger partial charge in [-0.15, -0.1) is 11.3 Å². The van der Waals surface area contributed by atoms with Crippen molar-refractivity contribution in [1.82, 2.24) is 10.2 Å². The summed E-state index contributed by atoms with van der Waals surface area (Å²) in [6.07, 6.45) is 0. The fraction of sp³-hybridized carbons (Fsp3) is 0. The SMILES string of the molecule is O=c1ccc(-c2csc(S(=O)(=O)Nc3ccc(F)cc3F)c2)n[nH]1. The van der Waals surface area contributed by atoms with Crippen molar-refractivity contribution < 1.29 is 17.2 Å². The number of aromatic nitrogens is 2. The van der Waals surface area contributed by atoms with Crippen LogP contribution in [-0.4, -0.2) is 18.6 Å². The van der Waals surface area contributed by atoms with Gasteiger partial charge in [0.05, 0.1) is 11.4 Å². The van der Waals surface area contributed by atoms with Crippen LogP contribution in [0.4, 0.5) is 14.5 Å². The van der Waals surface area contributed by atoms with Crippen LogP contribution in [0.1, 0.15) is 0 Å². The zero-order valence-corrected chi connectivity index (χ0v) is 13.4. The van der Waals surface area contributed by atoms with Crippen molar-refractivity contribution in [2.75, 3.05) is 4.72 Å². The van der Waals surface area contributed by atoms with Crippen molar-refractivity contribution in [3.8, 4) is 11.3 Å². The van der Waals surface area contributed by atoms with Gasteiger partial charge in [-0.05, 0) is 24.3 Å². The predicted molar refractivity (Wildman–Crippen MR) is 85.3 cm³/mol. The van der Waals surface area contributed by atoms with E-state index in [1.807, 2.05) is 0 Å². The maximum atomic E-state index is 13.6. The summed E-state index contributed by atoms with van der Waals surface area (Å²) in [4.78, 5) is 11.0. The van der Waals surface area contributed by atoms with Crippen molar-refractivity contribution in [1.29, 1.82) is 0 Å². The van der Waals surface area contributed by atoms with Gasteiger partial charge < -0.3 is 0 Å². The number of thiophene rings is 1. The number of sulfonamides is 1. The molecule has 2 heterocycles. The first-order valence-corrected chi connectivity index (χ1v) is 8.84. The van der Waals surface area contributed by atoms with Crippen LogP contribution in [-0.2, 0) is 10.0 Å². The Bertz CT molecular complexity index is 1040. The quantitative estimate of drug-likeness (QED) is 0.739. The van der Waals surface area contributed by atoms with Gasteiger partial charge in [0.2, 0.25) is 0 Å². The van der Waals surface area contributed by atoms with E-state index in [1.165, 1.54) is 23.6 Å². The van der Waals surface area contributed by atoms with Crippen molar-refractivity contribution in [2.24, 2.45) is 0 Å². The van der Waals surface area contributed by atoms with E-state index in [-0.39, 0.29) is 15.5 Å². The number of nitrogens with zero attached hydrogens (tertiary/aromatic N) is 1. The molecular formula is C14H9F2N3O3S2. The van der Waals surface area contributed by atoms with Crippen LogP contribution < -0.4 is 10.3 Å². The van der Waals surface area contributed by atoms with E-state index in [9.17, 15) is 22.0 Å². The van der Waals surface area contributed by atoms with Crippen LogP contribution in [0.25, 0.3) is 11.3 Å². The number of aromatic amines is 1. The molecule has 0 spiro atoms. The molecule has 0 unspecified atom stereocenters. The average molecular weight is 369 g/mol. The molecule has 0 amide bonds. The topological polar surface area (TPSA) is 91.9 Å². The summed E-state index contributed by atoms with van der Waals surface area (Å²) in [5.41, 5.74) is 0.139. The number of rotatable bonds is 4. The normalized spacial score (nSPS) is 11.4. The zero-order valence-electron chi connectivity index (χ0n) is 11.8. The lowest BCUT2D eigenvalue weighted by Gasteiger charge is -2.07. The summed E-state index contributed by atoms with van der Waals surface area (Å²) >= 11 is 0.905. The molecule has 0 aliphatic heterocycles. The number of benzene rings is 1. The highest BCUT2D eigenvalue weighted by Crippen LogP contribution is 2.28. The monoisotopic (exact) mass is 369 g/mol.